The summed E-state index contributed by atoms with van der Waals surface area (Å²) in [5.41, 5.74) is 11.4. The highest BCUT2D eigenvalue weighted by Crippen LogP contribution is 2.10. The molecule has 0 saturated heterocycles. The first kappa shape index (κ1) is 11.7. The van der Waals surface area contributed by atoms with E-state index in [1.807, 2.05) is 6.07 Å². The molecule has 1 aromatic rings. The summed E-state index contributed by atoms with van der Waals surface area (Å²) in [6.45, 7) is 1.08. The molecule has 0 aliphatic carbocycles. The van der Waals surface area contributed by atoms with Crippen LogP contribution in [0, 0.1) is 11.3 Å². The number of pyridine rings is 1. The van der Waals surface area contributed by atoms with Crippen LogP contribution in [0.15, 0.2) is 12.3 Å². The zero-order valence-electron chi connectivity index (χ0n) is 7.56. The number of hydrogen-bond acceptors (Lipinski definition) is 5. The number of rotatable bonds is 0. The molecule has 74 valence electrons. The van der Waals surface area contributed by atoms with Gasteiger partial charge >= 0.3 is 0 Å². The molecule has 6 heteroatoms. The summed E-state index contributed by atoms with van der Waals surface area (Å²) in [6.07, 6.45) is 1.35. The van der Waals surface area contributed by atoms with Crippen LogP contribution >= 0.6 is 0 Å². The third-order valence-corrected chi connectivity index (χ3v) is 1.08. The largest absolute Gasteiger partial charge is 0.481 e. The van der Waals surface area contributed by atoms with Gasteiger partial charge in [-0.15, -0.1) is 0 Å². The number of nitriles is 1. The van der Waals surface area contributed by atoms with Crippen LogP contribution in [-0.4, -0.2) is 16.1 Å². The van der Waals surface area contributed by atoms with Crippen LogP contribution < -0.4 is 11.5 Å². The average Bonchev–Trinajstić information content (AvgIpc) is 2.03. The predicted octanol–water partition coefficient (Wildman–Crippen LogP) is 0.209. The lowest BCUT2D eigenvalue weighted by Crippen LogP contribution is -1.95. The third-order valence-electron chi connectivity index (χ3n) is 1.08. The summed E-state index contributed by atoms with van der Waals surface area (Å²) in [4.78, 5) is 12.7. The van der Waals surface area contributed by atoms with E-state index in [1.54, 1.807) is 0 Å². The van der Waals surface area contributed by atoms with Crippen molar-refractivity contribution in [1.29, 1.82) is 5.26 Å². The molecule has 0 aliphatic heterocycles. The number of carboxylic acids is 1. The van der Waals surface area contributed by atoms with Gasteiger partial charge in [0.25, 0.3) is 5.97 Å². The molecule has 0 unspecified atom stereocenters. The molecule has 5 N–H and O–H groups in total. The smallest absolute Gasteiger partial charge is 0.300 e. The van der Waals surface area contributed by atoms with Gasteiger partial charge in [-0.05, 0) is 0 Å². The standard InChI is InChI=1S/C6H6N4.C2H4O2/c7-2-4-3-10-6(9)1-5(4)8;1-2(3)4/h1,3H,(H4,8,9,10);1H3,(H,3,4). The fourth-order valence-corrected chi connectivity index (χ4v) is 0.581. The van der Waals surface area contributed by atoms with Crippen molar-refractivity contribution in [3.05, 3.63) is 17.8 Å². The summed E-state index contributed by atoms with van der Waals surface area (Å²) >= 11 is 0. The molecule has 0 aromatic carbocycles. The summed E-state index contributed by atoms with van der Waals surface area (Å²) in [7, 11) is 0. The minimum absolute atomic E-state index is 0.330. The Morgan fingerprint density at radius 1 is 1.64 bits per heavy atom. The number of carboxylic acid groups (broad SMARTS) is 1. The molecule has 0 bridgehead atoms. The minimum atomic E-state index is -0.833. The first-order valence-electron chi connectivity index (χ1n) is 3.58. The van der Waals surface area contributed by atoms with E-state index in [9.17, 15) is 0 Å². The Morgan fingerprint density at radius 3 is 2.50 bits per heavy atom. The molecular formula is C8H10N4O2. The molecule has 1 heterocycles. The van der Waals surface area contributed by atoms with Crippen LogP contribution in [0.4, 0.5) is 11.5 Å². The van der Waals surface area contributed by atoms with Crippen molar-refractivity contribution < 1.29 is 9.90 Å². The van der Waals surface area contributed by atoms with Gasteiger partial charge in [-0.2, -0.15) is 5.26 Å². The SMILES string of the molecule is CC(=O)O.N#Cc1cnc(N)cc1N. The molecule has 0 amide bonds. The van der Waals surface area contributed by atoms with Gasteiger partial charge in [0.1, 0.15) is 11.9 Å². The zero-order valence-corrected chi connectivity index (χ0v) is 7.56. The van der Waals surface area contributed by atoms with Crippen LogP contribution in [0.2, 0.25) is 0 Å². The Hall–Kier alpha value is -2.29. The van der Waals surface area contributed by atoms with Crippen LogP contribution in [0.1, 0.15) is 12.5 Å². The lowest BCUT2D eigenvalue weighted by atomic mass is 10.2. The Kier molecular flexibility index (Phi) is 4.49. The van der Waals surface area contributed by atoms with Crippen molar-refractivity contribution in [2.75, 3.05) is 11.5 Å². The van der Waals surface area contributed by atoms with E-state index < -0.39 is 5.97 Å². The highest BCUT2D eigenvalue weighted by atomic mass is 16.4. The van der Waals surface area contributed by atoms with E-state index in [1.165, 1.54) is 12.3 Å². The maximum Gasteiger partial charge on any atom is 0.300 e. The molecule has 1 rings (SSSR count). The van der Waals surface area contributed by atoms with Crippen molar-refractivity contribution in [2.24, 2.45) is 0 Å². The van der Waals surface area contributed by atoms with Crippen LogP contribution in [0.25, 0.3) is 0 Å². The topological polar surface area (TPSA) is 126 Å². The maximum absolute atomic E-state index is 9.00. The lowest BCUT2D eigenvalue weighted by molar-refractivity contribution is -0.134. The number of hydrogen-bond donors (Lipinski definition) is 3. The van der Waals surface area contributed by atoms with Gasteiger partial charge in [-0.3, -0.25) is 4.79 Å². The average molecular weight is 194 g/mol. The molecule has 0 aliphatic rings. The second-order valence-corrected chi connectivity index (χ2v) is 2.33. The van der Waals surface area contributed by atoms with E-state index >= 15 is 0 Å². The van der Waals surface area contributed by atoms with Gasteiger partial charge in [0, 0.05) is 19.2 Å². The normalized spacial score (nSPS) is 8.00. The van der Waals surface area contributed by atoms with Crippen molar-refractivity contribution in [1.82, 2.24) is 4.98 Å². The monoisotopic (exact) mass is 194 g/mol. The summed E-state index contributed by atoms with van der Waals surface area (Å²) in [5, 5.41) is 15.8. The van der Waals surface area contributed by atoms with Crippen molar-refractivity contribution >= 4 is 17.5 Å². The zero-order chi connectivity index (χ0) is 11.1. The third kappa shape index (κ3) is 4.56. The van der Waals surface area contributed by atoms with Crippen molar-refractivity contribution in [3.63, 3.8) is 0 Å². The first-order chi connectivity index (χ1) is 6.47. The highest BCUT2D eigenvalue weighted by Gasteiger charge is 1.96. The molecule has 14 heavy (non-hydrogen) atoms. The lowest BCUT2D eigenvalue weighted by Gasteiger charge is -1.95. The number of nitrogens with zero attached hydrogens (tertiary/aromatic N) is 2. The Morgan fingerprint density at radius 2 is 2.14 bits per heavy atom. The summed E-state index contributed by atoms with van der Waals surface area (Å²) < 4.78 is 0. The van der Waals surface area contributed by atoms with Gasteiger partial charge in [-0.25, -0.2) is 4.98 Å². The highest BCUT2D eigenvalue weighted by molar-refractivity contribution is 5.63. The molecular weight excluding hydrogens is 184 g/mol. The molecule has 0 spiro atoms. The fourth-order valence-electron chi connectivity index (χ4n) is 0.581. The number of aromatic nitrogens is 1. The number of aliphatic carboxylic acids is 1. The predicted molar refractivity (Wildman–Crippen MR) is 51.1 cm³/mol. The van der Waals surface area contributed by atoms with Gasteiger partial charge in [0.05, 0.1) is 11.3 Å². The summed E-state index contributed by atoms with van der Waals surface area (Å²) in [5.74, 6) is -0.503. The Bertz CT molecular complexity index is 366. The van der Waals surface area contributed by atoms with E-state index in [4.69, 9.17) is 26.6 Å². The van der Waals surface area contributed by atoms with Gasteiger partial charge in [0.2, 0.25) is 0 Å². The molecule has 6 nitrogen and oxygen atoms in total. The first-order valence-corrected chi connectivity index (χ1v) is 3.58. The quantitative estimate of drug-likeness (QED) is 0.541. The minimum Gasteiger partial charge on any atom is -0.481 e. The number of nitrogen functional groups attached to an aromatic ring is 2. The molecule has 0 fully saturated rings. The second kappa shape index (κ2) is 5.37. The number of nitrogens with two attached hydrogens (primary N) is 2. The van der Waals surface area contributed by atoms with Crippen molar-refractivity contribution in [3.8, 4) is 6.07 Å². The van der Waals surface area contributed by atoms with E-state index in [2.05, 4.69) is 4.98 Å². The Labute approximate surface area is 80.8 Å². The summed E-state index contributed by atoms with van der Waals surface area (Å²) in [6, 6.07) is 3.34. The van der Waals surface area contributed by atoms with Crippen LogP contribution in [-0.2, 0) is 4.79 Å². The van der Waals surface area contributed by atoms with Crippen LogP contribution in [0.5, 0.6) is 0 Å². The van der Waals surface area contributed by atoms with Gasteiger partial charge in [0.15, 0.2) is 0 Å². The maximum atomic E-state index is 9.00. The molecule has 0 atom stereocenters. The van der Waals surface area contributed by atoms with Crippen LogP contribution in [0.3, 0.4) is 0 Å². The fraction of sp³-hybridized carbons (Fsp3) is 0.125. The number of anilines is 2. The van der Waals surface area contributed by atoms with E-state index in [0.717, 1.165) is 6.92 Å². The Balaban J connectivity index is 0.000000364. The molecule has 0 radical (unpaired) electrons. The second-order valence-electron chi connectivity index (χ2n) is 2.33. The molecule has 1 aromatic heterocycles. The van der Waals surface area contributed by atoms with Crippen molar-refractivity contribution in [2.45, 2.75) is 6.92 Å². The number of carbonyl (C=O) groups is 1. The van der Waals surface area contributed by atoms with E-state index in [-0.39, 0.29) is 0 Å². The van der Waals surface area contributed by atoms with Gasteiger partial charge < -0.3 is 16.6 Å². The molecule has 0 saturated carbocycles. The van der Waals surface area contributed by atoms with Gasteiger partial charge in [-0.1, -0.05) is 0 Å². The van der Waals surface area contributed by atoms with E-state index in [0.29, 0.717) is 17.1 Å².